The summed E-state index contributed by atoms with van der Waals surface area (Å²) in [6.07, 6.45) is -1.60. The number of amidine groups is 1. The molecular weight excluding hydrogens is 459 g/mol. The van der Waals surface area contributed by atoms with Crippen LogP contribution in [0.3, 0.4) is 0 Å². The molecule has 176 valence electrons. The van der Waals surface area contributed by atoms with E-state index in [1.807, 2.05) is 0 Å². The predicted molar refractivity (Wildman–Crippen MR) is 115 cm³/mol. The van der Waals surface area contributed by atoms with Crippen LogP contribution >= 0.6 is 0 Å². The van der Waals surface area contributed by atoms with E-state index in [4.69, 9.17) is 5.41 Å². The van der Waals surface area contributed by atoms with Crippen molar-refractivity contribution in [3.05, 3.63) is 53.1 Å². The van der Waals surface area contributed by atoms with Crippen LogP contribution in [-0.4, -0.2) is 40.6 Å². The van der Waals surface area contributed by atoms with E-state index in [9.17, 15) is 26.4 Å². The summed E-state index contributed by atoms with van der Waals surface area (Å²) in [7, 11) is -3.64. The first kappa shape index (κ1) is 23.1. The number of hydrogen-bond acceptors (Lipinski definition) is 6. The van der Waals surface area contributed by atoms with Crippen molar-refractivity contribution in [3.8, 4) is 0 Å². The van der Waals surface area contributed by atoms with E-state index in [-0.39, 0.29) is 11.6 Å². The lowest BCUT2D eigenvalue weighted by molar-refractivity contribution is -0.138. The van der Waals surface area contributed by atoms with E-state index in [2.05, 4.69) is 20.6 Å². The topological polar surface area (TPSA) is 125 Å². The third-order valence-corrected chi connectivity index (χ3v) is 8.93. The van der Waals surface area contributed by atoms with Crippen molar-refractivity contribution in [1.29, 1.82) is 5.41 Å². The summed E-state index contributed by atoms with van der Waals surface area (Å²) in [5.74, 6) is -1.51. The van der Waals surface area contributed by atoms with Gasteiger partial charge in [-0.2, -0.15) is 13.2 Å². The minimum atomic E-state index is -4.61. The Kier molecular flexibility index (Phi) is 5.26. The number of nitrogens with zero attached hydrogens (tertiary/aromatic N) is 2. The van der Waals surface area contributed by atoms with Crippen molar-refractivity contribution in [1.82, 2.24) is 15.3 Å². The van der Waals surface area contributed by atoms with Gasteiger partial charge in [-0.25, -0.2) is 18.4 Å². The van der Waals surface area contributed by atoms with Crippen molar-refractivity contribution in [2.75, 3.05) is 11.1 Å². The first-order valence-corrected chi connectivity index (χ1v) is 11.8. The van der Waals surface area contributed by atoms with Crippen LogP contribution in [0.1, 0.15) is 54.0 Å². The number of carbonyl (C=O) groups excluding carboxylic acids is 1. The van der Waals surface area contributed by atoms with Gasteiger partial charge in [0.05, 0.1) is 16.9 Å². The fourth-order valence-electron chi connectivity index (χ4n) is 4.18. The fourth-order valence-corrected chi connectivity index (χ4v) is 5.92. The van der Waals surface area contributed by atoms with Gasteiger partial charge in [0, 0.05) is 18.1 Å². The molecule has 1 fully saturated rings. The number of aromatic nitrogens is 2. The Morgan fingerprint density at radius 1 is 1.21 bits per heavy atom. The molecule has 33 heavy (non-hydrogen) atoms. The molecule has 1 aromatic heterocycles. The summed E-state index contributed by atoms with van der Waals surface area (Å²) in [6, 6.07) is 5.05. The van der Waals surface area contributed by atoms with Gasteiger partial charge in [0.25, 0.3) is 5.91 Å². The smallest absolute Gasteiger partial charge is 0.362 e. The van der Waals surface area contributed by atoms with Gasteiger partial charge >= 0.3 is 6.18 Å². The van der Waals surface area contributed by atoms with Crippen molar-refractivity contribution >= 4 is 27.3 Å². The maximum absolute atomic E-state index is 13.0. The average Bonchev–Trinajstić information content (AvgIpc) is 2.72. The molecule has 2 aliphatic rings. The van der Waals surface area contributed by atoms with Crippen LogP contribution in [0.4, 0.5) is 18.9 Å². The summed E-state index contributed by atoms with van der Waals surface area (Å²) < 4.78 is 62.7. The fraction of sp³-hybridized carbons (Fsp3) is 0.429. The molecule has 1 saturated heterocycles. The number of aryl methyl sites for hydroxylation is 1. The summed E-state index contributed by atoms with van der Waals surface area (Å²) in [5, 5.41) is 14.0. The molecule has 1 spiro atoms. The lowest BCUT2D eigenvalue weighted by Crippen LogP contribution is -2.65. The highest BCUT2D eigenvalue weighted by Gasteiger charge is 2.53. The predicted octanol–water partition coefficient (Wildman–Crippen LogP) is 3.05. The Balaban J connectivity index is 1.64. The zero-order valence-corrected chi connectivity index (χ0v) is 18.7. The minimum Gasteiger partial charge on any atom is -0.362 e. The average molecular weight is 482 g/mol. The highest BCUT2D eigenvalue weighted by atomic mass is 32.2. The summed E-state index contributed by atoms with van der Waals surface area (Å²) in [5.41, 5.74) is -0.169. The van der Waals surface area contributed by atoms with Crippen molar-refractivity contribution < 1.29 is 26.4 Å². The number of alkyl halides is 3. The van der Waals surface area contributed by atoms with Gasteiger partial charge in [0.1, 0.15) is 10.6 Å². The van der Waals surface area contributed by atoms with E-state index in [0.717, 1.165) is 12.0 Å². The maximum atomic E-state index is 13.0. The number of sulfone groups is 1. The van der Waals surface area contributed by atoms with Gasteiger partial charge in [-0.3, -0.25) is 10.2 Å². The molecule has 0 bridgehead atoms. The van der Waals surface area contributed by atoms with Crippen LogP contribution in [0.2, 0.25) is 0 Å². The Labute approximate surface area is 188 Å². The standard InChI is InChI=1S/C21H22F3N5O3S/c1-19(2)18(25)29-20(11-33(19,31)32)7-3-4-12-5-6-14(8-15(12)20)28-17(30)16-26-9-13(10-27-16)21(22,23)24/h5-6,8-10H,3-4,7,11H2,1-2H3,(H2,25,29)(H,28,30)/t20-/m0/s1. The molecule has 0 saturated carbocycles. The second kappa shape index (κ2) is 7.51. The number of halogens is 3. The molecule has 2 heterocycles. The third-order valence-electron chi connectivity index (χ3n) is 6.30. The first-order chi connectivity index (χ1) is 15.3. The number of fused-ring (bicyclic) bond motifs is 2. The molecule has 1 aliphatic carbocycles. The van der Waals surface area contributed by atoms with Crippen molar-refractivity contribution in [2.24, 2.45) is 0 Å². The van der Waals surface area contributed by atoms with Crippen LogP contribution in [-0.2, 0) is 28.0 Å². The van der Waals surface area contributed by atoms with Gasteiger partial charge in [-0.05, 0) is 56.4 Å². The van der Waals surface area contributed by atoms with Gasteiger partial charge < -0.3 is 10.6 Å². The van der Waals surface area contributed by atoms with Crippen molar-refractivity contribution in [2.45, 2.75) is 49.6 Å². The van der Waals surface area contributed by atoms with E-state index in [0.29, 0.717) is 36.5 Å². The molecule has 0 unspecified atom stereocenters. The highest BCUT2D eigenvalue weighted by Crippen LogP contribution is 2.42. The number of carbonyl (C=O) groups is 1. The molecule has 3 N–H and O–H groups in total. The molecule has 12 heteroatoms. The third kappa shape index (κ3) is 3.96. The Morgan fingerprint density at radius 2 is 1.88 bits per heavy atom. The first-order valence-electron chi connectivity index (χ1n) is 10.2. The van der Waals surface area contributed by atoms with Crippen LogP contribution in [0.25, 0.3) is 0 Å². The lowest BCUT2D eigenvalue weighted by atomic mass is 9.76. The SMILES string of the molecule is CC1(C)C(=N)N[C@@]2(CCCc3ccc(NC(=O)c4ncc(C(F)(F)F)cn4)cc32)CS1(=O)=O. The van der Waals surface area contributed by atoms with Crippen LogP contribution in [0, 0.1) is 5.41 Å². The van der Waals surface area contributed by atoms with E-state index in [1.165, 1.54) is 13.8 Å². The highest BCUT2D eigenvalue weighted by molar-refractivity contribution is 7.93. The zero-order chi connectivity index (χ0) is 24.2. The quantitative estimate of drug-likeness (QED) is 0.606. The zero-order valence-electron chi connectivity index (χ0n) is 17.9. The number of amides is 1. The monoisotopic (exact) mass is 481 g/mol. The Morgan fingerprint density at radius 3 is 2.48 bits per heavy atom. The number of anilines is 1. The second-order valence-corrected chi connectivity index (χ2v) is 11.4. The summed E-state index contributed by atoms with van der Waals surface area (Å²) in [4.78, 5) is 19.5. The number of benzene rings is 1. The minimum absolute atomic E-state index is 0.0887. The van der Waals surface area contributed by atoms with Gasteiger partial charge in [0.15, 0.2) is 9.84 Å². The number of nitrogens with one attached hydrogen (secondary N) is 3. The second-order valence-electron chi connectivity index (χ2n) is 8.82. The molecule has 0 radical (unpaired) electrons. The van der Waals surface area contributed by atoms with Crippen LogP contribution in [0.15, 0.2) is 30.6 Å². The Hall–Kier alpha value is -3.02. The normalized spacial score (nSPS) is 23.5. The molecule has 1 atom stereocenters. The Bertz CT molecular complexity index is 1240. The van der Waals surface area contributed by atoms with Crippen molar-refractivity contribution in [3.63, 3.8) is 0 Å². The van der Waals surface area contributed by atoms with Gasteiger partial charge in [-0.15, -0.1) is 0 Å². The molecule has 1 amide bonds. The van der Waals surface area contributed by atoms with Gasteiger partial charge in [0.2, 0.25) is 5.82 Å². The molecule has 8 nitrogen and oxygen atoms in total. The largest absolute Gasteiger partial charge is 0.419 e. The molecule has 2 aromatic rings. The molecule has 1 aromatic carbocycles. The number of rotatable bonds is 2. The van der Waals surface area contributed by atoms with Crippen LogP contribution < -0.4 is 10.6 Å². The van der Waals surface area contributed by atoms with E-state index in [1.54, 1.807) is 18.2 Å². The van der Waals surface area contributed by atoms with Gasteiger partial charge in [-0.1, -0.05) is 6.07 Å². The number of hydrogen-bond donors (Lipinski definition) is 3. The molecule has 4 rings (SSSR count). The van der Waals surface area contributed by atoms with E-state index >= 15 is 0 Å². The summed E-state index contributed by atoms with van der Waals surface area (Å²) >= 11 is 0. The molecule has 1 aliphatic heterocycles. The van der Waals surface area contributed by atoms with E-state index < -0.39 is 43.6 Å². The summed E-state index contributed by atoms with van der Waals surface area (Å²) in [6.45, 7) is 2.99. The lowest BCUT2D eigenvalue weighted by Gasteiger charge is -2.47. The molecular formula is C21H22F3N5O3S. The van der Waals surface area contributed by atoms with Crippen LogP contribution in [0.5, 0.6) is 0 Å². The maximum Gasteiger partial charge on any atom is 0.419 e.